The van der Waals surface area contributed by atoms with Gasteiger partial charge in [0, 0.05) is 14.5 Å². The van der Waals surface area contributed by atoms with E-state index in [1.54, 1.807) is 24.3 Å². The van der Waals surface area contributed by atoms with Crippen molar-refractivity contribution < 1.29 is 18.7 Å². The lowest BCUT2D eigenvalue weighted by molar-refractivity contribution is 0.0446. The van der Waals surface area contributed by atoms with Crippen LogP contribution in [0, 0.1) is 3.57 Å². The van der Waals surface area contributed by atoms with Crippen LogP contribution in [-0.4, -0.2) is 18.4 Å². The molecule has 3 rings (SSSR count). The number of furan rings is 1. The number of hydrogen-bond acceptors (Lipinski definition) is 4. The molecule has 5 heteroatoms. The van der Waals surface area contributed by atoms with Crippen LogP contribution in [0.2, 0.25) is 0 Å². The van der Waals surface area contributed by atoms with E-state index >= 15 is 0 Å². The normalized spacial score (nSPS) is 10.6. The Morgan fingerprint density at radius 3 is 2.50 bits per heavy atom. The third-order valence-corrected chi connectivity index (χ3v) is 3.85. The summed E-state index contributed by atoms with van der Waals surface area (Å²) in [6, 6.07) is 16.0. The number of Topliss-reactive ketones (excluding diaryl/α,β-unsaturated/α-hetero) is 1. The van der Waals surface area contributed by atoms with Gasteiger partial charge in [-0.15, -0.1) is 0 Å². The van der Waals surface area contributed by atoms with Gasteiger partial charge in [0.05, 0.1) is 0 Å². The second kappa shape index (κ2) is 6.31. The molecule has 3 aromatic rings. The minimum absolute atomic E-state index is 0.0941. The highest BCUT2D eigenvalue weighted by atomic mass is 127. The van der Waals surface area contributed by atoms with Gasteiger partial charge < -0.3 is 9.15 Å². The summed E-state index contributed by atoms with van der Waals surface area (Å²) in [6.07, 6.45) is 0. The fourth-order valence-electron chi connectivity index (χ4n) is 2.00. The molecule has 0 aliphatic carbocycles. The van der Waals surface area contributed by atoms with Gasteiger partial charge in [-0.3, -0.25) is 4.79 Å². The SMILES string of the molecule is O=C(COC(=O)c1cc2ccccc2o1)c1ccc(I)cc1. The Labute approximate surface area is 140 Å². The first-order valence-electron chi connectivity index (χ1n) is 6.58. The molecule has 110 valence electrons. The summed E-state index contributed by atoms with van der Waals surface area (Å²) in [6.45, 7) is -0.309. The van der Waals surface area contributed by atoms with Gasteiger partial charge in [0.25, 0.3) is 0 Å². The zero-order chi connectivity index (χ0) is 15.5. The molecule has 0 unspecified atom stereocenters. The Morgan fingerprint density at radius 2 is 1.77 bits per heavy atom. The molecule has 22 heavy (non-hydrogen) atoms. The first-order chi connectivity index (χ1) is 10.6. The highest BCUT2D eigenvalue weighted by Crippen LogP contribution is 2.19. The quantitative estimate of drug-likeness (QED) is 0.372. The predicted octanol–water partition coefficient (Wildman–Crippen LogP) is 4.08. The van der Waals surface area contributed by atoms with E-state index in [1.807, 2.05) is 30.3 Å². The largest absolute Gasteiger partial charge is 0.451 e. The smallest absolute Gasteiger partial charge is 0.374 e. The van der Waals surface area contributed by atoms with Crippen LogP contribution >= 0.6 is 22.6 Å². The number of fused-ring (bicyclic) bond motifs is 1. The van der Waals surface area contributed by atoms with Gasteiger partial charge in [0.15, 0.2) is 12.4 Å². The van der Waals surface area contributed by atoms with E-state index in [2.05, 4.69) is 22.6 Å². The lowest BCUT2D eigenvalue weighted by atomic mass is 10.1. The van der Waals surface area contributed by atoms with Crippen molar-refractivity contribution in [3.05, 3.63) is 69.5 Å². The fraction of sp³-hybridized carbons (Fsp3) is 0.0588. The maximum Gasteiger partial charge on any atom is 0.374 e. The summed E-state index contributed by atoms with van der Waals surface area (Å²) in [5.41, 5.74) is 1.12. The summed E-state index contributed by atoms with van der Waals surface area (Å²) < 4.78 is 11.5. The fourth-order valence-corrected chi connectivity index (χ4v) is 2.36. The molecule has 1 heterocycles. The van der Waals surface area contributed by atoms with Crippen LogP contribution < -0.4 is 0 Å². The number of carbonyl (C=O) groups excluding carboxylic acids is 2. The zero-order valence-electron chi connectivity index (χ0n) is 11.4. The van der Waals surface area contributed by atoms with E-state index in [-0.39, 0.29) is 18.2 Å². The number of rotatable bonds is 4. The summed E-state index contributed by atoms with van der Waals surface area (Å²) >= 11 is 2.16. The predicted molar refractivity (Wildman–Crippen MR) is 90.0 cm³/mol. The first-order valence-corrected chi connectivity index (χ1v) is 7.66. The molecule has 0 aliphatic rings. The maximum absolute atomic E-state index is 12.0. The second-order valence-corrected chi connectivity index (χ2v) is 5.90. The van der Waals surface area contributed by atoms with Crippen molar-refractivity contribution in [3.8, 4) is 0 Å². The van der Waals surface area contributed by atoms with E-state index in [0.29, 0.717) is 11.1 Å². The van der Waals surface area contributed by atoms with Crippen LogP contribution in [0.5, 0.6) is 0 Å². The average Bonchev–Trinajstić information content (AvgIpc) is 2.97. The molecule has 0 spiro atoms. The summed E-state index contributed by atoms with van der Waals surface area (Å²) in [4.78, 5) is 23.9. The molecular formula is C17H11IO4. The Balaban J connectivity index is 1.66. The molecule has 4 nitrogen and oxygen atoms in total. The average molecular weight is 406 g/mol. The molecule has 1 aromatic heterocycles. The zero-order valence-corrected chi connectivity index (χ0v) is 13.6. The number of ether oxygens (including phenoxy) is 1. The van der Waals surface area contributed by atoms with Crippen molar-refractivity contribution in [2.24, 2.45) is 0 Å². The lowest BCUT2D eigenvalue weighted by Crippen LogP contribution is -2.13. The molecule has 0 amide bonds. The standard InChI is InChI=1S/C17H11IO4/c18-13-7-5-11(6-8-13)14(19)10-21-17(20)16-9-12-3-1-2-4-15(12)22-16/h1-9H,10H2. The van der Waals surface area contributed by atoms with Gasteiger partial charge in [-0.2, -0.15) is 0 Å². The highest BCUT2D eigenvalue weighted by Gasteiger charge is 2.16. The number of esters is 1. The van der Waals surface area contributed by atoms with Crippen molar-refractivity contribution in [3.63, 3.8) is 0 Å². The molecular weight excluding hydrogens is 395 g/mol. The van der Waals surface area contributed by atoms with Crippen LogP contribution in [0.3, 0.4) is 0 Å². The Morgan fingerprint density at radius 1 is 1.05 bits per heavy atom. The molecule has 0 saturated carbocycles. The molecule has 2 aromatic carbocycles. The number of para-hydroxylation sites is 1. The van der Waals surface area contributed by atoms with E-state index < -0.39 is 5.97 Å². The van der Waals surface area contributed by atoms with Crippen LogP contribution in [0.15, 0.2) is 59.0 Å². The van der Waals surface area contributed by atoms with Gasteiger partial charge in [-0.05, 0) is 46.9 Å². The molecule has 0 bridgehead atoms. The van der Waals surface area contributed by atoms with E-state index in [0.717, 1.165) is 8.96 Å². The monoisotopic (exact) mass is 406 g/mol. The summed E-state index contributed by atoms with van der Waals surface area (Å²) in [7, 11) is 0. The van der Waals surface area contributed by atoms with Crippen LogP contribution in [0.4, 0.5) is 0 Å². The third-order valence-electron chi connectivity index (χ3n) is 3.13. The number of hydrogen-bond donors (Lipinski definition) is 0. The van der Waals surface area contributed by atoms with Crippen molar-refractivity contribution in [1.29, 1.82) is 0 Å². The number of carbonyl (C=O) groups is 2. The van der Waals surface area contributed by atoms with Crippen molar-refractivity contribution in [2.75, 3.05) is 6.61 Å². The van der Waals surface area contributed by atoms with Gasteiger partial charge in [-0.1, -0.05) is 30.3 Å². The maximum atomic E-state index is 12.0. The minimum Gasteiger partial charge on any atom is -0.451 e. The topological polar surface area (TPSA) is 56.5 Å². The van der Waals surface area contributed by atoms with Crippen LogP contribution in [0.25, 0.3) is 11.0 Å². The van der Waals surface area contributed by atoms with Gasteiger partial charge >= 0.3 is 5.97 Å². The third kappa shape index (κ3) is 3.19. The van der Waals surface area contributed by atoms with Crippen molar-refractivity contribution in [1.82, 2.24) is 0 Å². The lowest BCUT2D eigenvalue weighted by Gasteiger charge is -2.02. The first kappa shape index (κ1) is 14.8. The summed E-state index contributed by atoms with van der Waals surface area (Å²) in [5.74, 6) is -0.799. The number of ketones is 1. The van der Waals surface area contributed by atoms with E-state index in [4.69, 9.17) is 9.15 Å². The van der Waals surface area contributed by atoms with Gasteiger partial charge in [-0.25, -0.2) is 4.79 Å². The second-order valence-electron chi connectivity index (χ2n) is 4.65. The van der Waals surface area contributed by atoms with Crippen molar-refractivity contribution >= 4 is 45.3 Å². The molecule has 0 N–H and O–H groups in total. The van der Waals surface area contributed by atoms with Crippen molar-refractivity contribution in [2.45, 2.75) is 0 Å². The van der Waals surface area contributed by atoms with Crippen LogP contribution in [-0.2, 0) is 4.74 Å². The molecule has 0 saturated heterocycles. The van der Waals surface area contributed by atoms with Gasteiger partial charge in [0.2, 0.25) is 5.76 Å². The Hall–Kier alpha value is -2.15. The number of halogens is 1. The molecule has 0 radical (unpaired) electrons. The van der Waals surface area contributed by atoms with Gasteiger partial charge in [0.1, 0.15) is 5.58 Å². The van der Waals surface area contributed by atoms with Crippen LogP contribution in [0.1, 0.15) is 20.9 Å². The van der Waals surface area contributed by atoms with E-state index in [9.17, 15) is 9.59 Å². The summed E-state index contributed by atoms with van der Waals surface area (Å²) in [5, 5.41) is 0.818. The Bertz CT molecular complexity index is 800. The molecule has 0 fully saturated rings. The number of benzene rings is 2. The Kier molecular flexibility index (Phi) is 4.24. The highest BCUT2D eigenvalue weighted by molar-refractivity contribution is 14.1. The molecule has 0 atom stereocenters. The molecule has 0 aliphatic heterocycles. The van der Waals surface area contributed by atoms with E-state index in [1.165, 1.54) is 0 Å². The minimum atomic E-state index is -0.643.